The van der Waals surface area contributed by atoms with Gasteiger partial charge in [-0.3, -0.25) is 0 Å². The molecule has 0 fully saturated rings. The van der Waals surface area contributed by atoms with Gasteiger partial charge in [0.1, 0.15) is 0 Å². The van der Waals surface area contributed by atoms with Crippen LogP contribution in [0.1, 0.15) is 15.2 Å². The van der Waals surface area contributed by atoms with Crippen LogP contribution in [0.25, 0.3) is 0 Å². The highest BCUT2D eigenvalue weighted by Gasteiger charge is 2.19. The van der Waals surface area contributed by atoms with E-state index in [1.54, 1.807) is 23.5 Å². The molecule has 0 bridgehead atoms. The zero-order valence-electron chi connectivity index (χ0n) is 11.2. The van der Waals surface area contributed by atoms with Gasteiger partial charge in [-0.25, -0.2) is 4.79 Å². The summed E-state index contributed by atoms with van der Waals surface area (Å²) in [5.74, 6) is -0.452. The first-order valence-corrected chi connectivity index (χ1v) is 7.19. The van der Waals surface area contributed by atoms with E-state index in [4.69, 9.17) is 22.1 Å². The summed E-state index contributed by atoms with van der Waals surface area (Å²) in [5.41, 5.74) is 7.18. The number of carbonyl (C=O) groups is 1. The second-order valence-electron chi connectivity index (χ2n) is 4.33. The van der Waals surface area contributed by atoms with Crippen LogP contribution in [0.4, 0.5) is 11.4 Å². The predicted molar refractivity (Wildman–Crippen MR) is 83.6 cm³/mol. The highest BCUT2D eigenvalue weighted by atomic mass is 35.5. The molecule has 6 heteroatoms. The molecule has 106 valence electrons. The normalized spacial score (nSPS) is 10.3. The SMILES string of the molecule is COC(=O)c1cc(N)cc(Cl)c1N(C)Cc1cccs1. The van der Waals surface area contributed by atoms with Crippen molar-refractivity contribution in [3.05, 3.63) is 45.1 Å². The molecule has 0 atom stereocenters. The smallest absolute Gasteiger partial charge is 0.340 e. The molecule has 0 radical (unpaired) electrons. The van der Waals surface area contributed by atoms with Crippen LogP contribution in [0, 0.1) is 0 Å². The van der Waals surface area contributed by atoms with Gasteiger partial charge in [0.25, 0.3) is 0 Å². The Hall–Kier alpha value is -1.72. The van der Waals surface area contributed by atoms with E-state index >= 15 is 0 Å². The van der Waals surface area contributed by atoms with Crippen LogP contribution in [0.3, 0.4) is 0 Å². The van der Waals surface area contributed by atoms with Crippen molar-refractivity contribution < 1.29 is 9.53 Å². The molecule has 0 aliphatic carbocycles. The van der Waals surface area contributed by atoms with Gasteiger partial charge in [-0.05, 0) is 23.6 Å². The van der Waals surface area contributed by atoms with E-state index in [-0.39, 0.29) is 0 Å². The lowest BCUT2D eigenvalue weighted by atomic mass is 10.1. The molecule has 1 aromatic carbocycles. The van der Waals surface area contributed by atoms with Crippen LogP contribution in [0.2, 0.25) is 5.02 Å². The summed E-state index contributed by atoms with van der Waals surface area (Å²) >= 11 is 7.89. The minimum Gasteiger partial charge on any atom is -0.465 e. The molecule has 2 rings (SSSR count). The zero-order chi connectivity index (χ0) is 14.7. The molecule has 2 aromatic rings. The lowest BCUT2D eigenvalue weighted by Crippen LogP contribution is -2.20. The number of rotatable bonds is 4. The number of thiophene rings is 1. The third-order valence-corrected chi connectivity index (χ3v) is 4.00. The highest BCUT2D eigenvalue weighted by molar-refractivity contribution is 7.09. The van der Waals surface area contributed by atoms with Gasteiger partial charge >= 0.3 is 5.97 Å². The van der Waals surface area contributed by atoms with Crippen LogP contribution in [0.5, 0.6) is 0 Å². The fourth-order valence-corrected chi connectivity index (χ4v) is 3.12. The predicted octanol–water partition coefficient (Wildman–Crippen LogP) is 3.41. The number of esters is 1. The van der Waals surface area contributed by atoms with Crippen molar-refractivity contribution in [3.8, 4) is 0 Å². The van der Waals surface area contributed by atoms with E-state index in [0.29, 0.717) is 28.5 Å². The Morgan fingerprint density at radius 1 is 1.50 bits per heavy atom. The van der Waals surface area contributed by atoms with Crippen molar-refractivity contribution in [3.63, 3.8) is 0 Å². The van der Waals surface area contributed by atoms with Gasteiger partial charge in [0.15, 0.2) is 0 Å². The second-order valence-corrected chi connectivity index (χ2v) is 5.77. The summed E-state index contributed by atoms with van der Waals surface area (Å²) in [4.78, 5) is 15.0. The van der Waals surface area contributed by atoms with E-state index in [1.807, 2.05) is 29.5 Å². The van der Waals surface area contributed by atoms with Crippen molar-refractivity contribution in [2.45, 2.75) is 6.54 Å². The number of nitrogens with zero attached hydrogens (tertiary/aromatic N) is 1. The minimum atomic E-state index is -0.452. The zero-order valence-corrected chi connectivity index (χ0v) is 12.8. The summed E-state index contributed by atoms with van der Waals surface area (Å²) in [6.07, 6.45) is 0. The molecule has 0 aliphatic rings. The molecule has 1 heterocycles. The maximum Gasteiger partial charge on any atom is 0.340 e. The van der Waals surface area contributed by atoms with Crippen LogP contribution in [-0.2, 0) is 11.3 Å². The van der Waals surface area contributed by atoms with Gasteiger partial charge in [-0.2, -0.15) is 0 Å². The van der Waals surface area contributed by atoms with E-state index in [1.165, 1.54) is 12.0 Å². The molecule has 0 amide bonds. The molecular formula is C14H15ClN2O2S. The average molecular weight is 311 g/mol. The Morgan fingerprint density at radius 2 is 2.25 bits per heavy atom. The van der Waals surface area contributed by atoms with Crippen LogP contribution in [-0.4, -0.2) is 20.1 Å². The summed E-state index contributed by atoms with van der Waals surface area (Å²) in [6, 6.07) is 7.23. The Labute approximate surface area is 126 Å². The fourth-order valence-electron chi connectivity index (χ4n) is 1.99. The molecule has 0 aliphatic heterocycles. The average Bonchev–Trinajstić information content (AvgIpc) is 2.89. The summed E-state index contributed by atoms with van der Waals surface area (Å²) in [5, 5.41) is 2.44. The molecule has 0 saturated carbocycles. The molecule has 2 N–H and O–H groups in total. The number of anilines is 2. The van der Waals surface area contributed by atoms with Crippen molar-refractivity contribution >= 4 is 40.3 Å². The fraction of sp³-hybridized carbons (Fsp3) is 0.214. The Morgan fingerprint density at radius 3 is 2.85 bits per heavy atom. The largest absolute Gasteiger partial charge is 0.465 e. The number of nitrogens with two attached hydrogens (primary N) is 1. The van der Waals surface area contributed by atoms with Gasteiger partial charge in [0, 0.05) is 17.6 Å². The molecule has 4 nitrogen and oxygen atoms in total. The maximum absolute atomic E-state index is 11.9. The summed E-state index contributed by atoms with van der Waals surface area (Å²) in [7, 11) is 3.21. The number of nitrogen functional groups attached to an aromatic ring is 1. The Kier molecular flexibility index (Phi) is 4.52. The highest BCUT2D eigenvalue weighted by Crippen LogP contribution is 2.33. The van der Waals surface area contributed by atoms with Crippen LogP contribution >= 0.6 is 22.9 Å². The molecular weight excluding hydrogens is 296 g/mol. The lowest BCUT2D eigenvalue weighted by Gasteiger charge is -2.22. The monoisotopic (exact) mass is 310 g/mol. The molecule has 1 aromatic heterocycles. The number of hydrogen-bond acceptors (Lipinski definition) is 5. The van der Waals surface area contributed by atoms with Crippen molar-refractivity contribution in [2.75, 3.05) is 24.8 Å². The first-order valence-electron chi connectivity index (χ1n) is 5.93. The second kappa shape index (κ2) is 6.15. The number of hydrogen-bond donors (Lipinski definition) is 1. The van der Waals surface area contributed by atoms with Gasteiger partial charge in [0.2, 0.25) is 0 Å². The van der Waals surface area contributed by atoms with Crippen molar-refractivity contribution in [2.24, 2.45) is 0 Å². The number of ether oxygens (including phenoxy) is 1. The molecule has 20 heavy (non-hydrogen) atoms. The minimum absolute atomic E-state index is 0.372. The number of halogens is 1. The van der Waals surface area contributed by atoms with E-state index in [9.17, 15) is 4.79 Å². The topological polar surface area (TPSA) is 55.6 Å². The van der Waals surface area contributed by atoms with E-state index < -0.39 is 5.97 Å². The Balaban J connectivity index is 2.41. The summed E-state index contributed by atoms with van der Waals surface area (Å²) < 4.78 is 4.80. The number of benzene rings is 1. The van der Waals surface area contributed by atoms with Gasteiger partial charge in [-0.1, -0.05) is 17.7 Å². The third kappa shape index (κ3) is 3.05. The van der Waals surface area contributed by atoms with Crippen LogP contribution < -0.4 is 10.6 Å². The Bertz CT molecular complexity index is 614. The van der Waals surface area contributed by atoms with Gasteiger partial charge in [0.05, 0.1) is 29.9 Å². The molecule has 0 saturated heterocycles. The van der Waals surface area contributed by atoms with E-state index in [0.717, 1.165) is 0 Å². The van der Waals surface area contributed by atoms with Crippen molar-refractivity contribution in [1.29, 1.82) is 0 Å². The van der Waals surface area contributed by atoms with Gasteiger partial charge < -0.3 is 15.4 Å². The molecule has 0 unspecified atom stereocenters. The lowest BCUT2D eigenvalue weighted by molar-refractivity contribution is 0.0601. The molecule has 0 spiro atoms. The maximum atomic E-state index is 11.9. The first kappa shape index (κ1) is 14.7. The first-order chi connectivity index (χ1) is 9.52. The number of carbonyl (C=O) groups excluding carboxylic acids is 1. The van der Waals surface area contributed by atoms with Crippen LogP contribution in [0.15, 0.2) is 29.6 Å². The summed E-state index contributed by atoms with van der Waals surface area (Å²) in [6.45, 7) is 0.658. The van der Waals surface area contributed by atoms with Crippen molar-refractivity contribution in [1.82, 2.24) is 0 Å². The van der Waals surface area contributed by atoms with Gasteiger partial charge in [-0.15, -0.1) is 11.3 Å². The van der Waals surface area contributed by atoms with E-state index in [2.05, 4.69) is 0 Å². The quantitative estimate of drug-likeness (QED) is 0.694. The third-order valence-electron chi connectivity index (χ3n) is 2.85. The standard InChI is InChI=1S/C14H15ClN2O2S/c1-17(8-10-4-3-5-20-10)13-11(14(18)19-2)6-9(16)7-12(13)15/h3-7H,8,16H2,1-2H3. The number of methoxy groups -OCH3 is 1.